The van der Waals surface area contributed by atoms with Crippen molar-refractivity contribution in [1.29, 1.82) is 0 Å². The standard InChI is InChI=1S/C18H28N2O2/c1-16(7-8-17-5-3-2-4-6-17)15-18(22)20-11-9-19(10-12-20)13-14-21/h2-6,16,21H,7-15H2,1H3. The molecule has 1 aliphatic heterocycles. The number of carbonyl (C=O) groups is 1. The van der Waals surface area contributed by atoms with Crippen molar-refractivity contribution >= 4 is 5.91 Å². The minimum absolute atomic E-state index is 0.199. The Morgan fingerprint density at radius 3 is 2.50 bits per heavy atom. The van der Waals surface area contributed by atoms with Crippen molar-refractivity contribution < 1.29 is 9.90 Å². The minimum Gasteiger partial charge on any atom is -0.395 e. The van der Waals surface area contributed by atoms with Crippen LogP contribution in [0.5, 0.6) is 0 Å². The van der Waals surface area contributed by atoms with E-state index in [2.05, 4.69) is 36.1 Å². The van der Waals surface area contributed by atoms with Gasteiger partial charge in [0.1, 0.15) is 0 Å². The fourth-order valence-electron chi connectivity index (χ4n) is 2.95. The number of piperazine rings is 1. The van der Waals surface area contributed by atoms with Crippen molar-refractivity contribution in [2.75, 3.05) is 39.3 Å². The molecule has 1 amide bonds. The zero-order valence-electron chi connectivity index (χ0n) is 13.6. The molecule has 2 rings (SSSR count). The molecule has 22 heavy (non-hydrogen) atoms. The summed E-state index contributed by atoms with van der Waals surface area (Å²) in [7, 11) is 0. The Hall–Kier alpha value is -1.39. The van der Waals surface area contributed by atoms with Gasteiger partial charge in [-0.3, -0.25) is 9.69 Å². The van der Waals surface area contributed by atoms with E-state index < -0.39 is 0 Å². The molecule has 1 heterocycles. The Morgan fingerprint density at radius 1 is 1.18 bits per heavy atom. The van der Waals surface area contributed by atoms with Crippen LogP contribution in [0.3, 0.4) is 0 Å². The number of aliphatic hydroxyl groups is 1. The molecule has 1 fully saturated rings. The van der Waals surface area contributed by atoms with Crippen LogP contribution in [0.25, 0.3) is 0 Å². The molecule has 1 unspecified atom stereocenters. The summed E-state index contributed by atoms with van der Waals surface area (Å²) in [5, 5.41) is 8.94. The van der Waals surface area contributed by atoms with Crippen molar-refractivity contribution in [1.82, 2.24) is 9.80 Å². The van der Waals surface area contributed by atoms with Gasteiger partial charge in [0, 0.05) is 39.1 Å². The molecule has 1 aromatic rings. The number of aliphatic hydroxyl groups excluding tert-OH is 1. The van der Waals surface area contributed by atoms with Gasteiger partial charge in [-0.25, -0.2) is 0 Å². The number of amides is 1. The largest absolute Gasteiger partial charge is 0.395 e. The third-order valence-corrected chi connectivity index (χ3v) is 4.43. The second-order valence-corrected chi connectivity index (χ2v) is 6.28. The van der Waals surface area contributed by atoms with E-state index in [-0.39, 0.29) is 12.5 Å². The predicted molar refractivity (Wildman–Crippen MR) is 88.6 cm³/mol. The van der Waals surface area contributed by atoms with Gasteiger partial charge in [-0.05, 0) is 24.3 Å². The van der Waals surface area contributed by atoms with E-state index in [9.17, 15) is 4.79 Å². The zero-order chi connectivity index (χ0) is 15.8. The van der Waals surface area contributed by atoms with Crippen LogP contribution in [-0.4, -0.2) is 60.1 Å². The van der Waals surface area contributed by atoms with Crippen molar-refractivity contribution in [3.63, 3.8) is 0 Å². The lowest BCUT2D eigenvalue weighted by Gasteiger charge is -2.34. The molecule has 1 aromatic carbocycles. The summed E-state index contributed by atoms with van der Waals surface area (Å²) in [6, 6.07) is 10.5. The van der Waals surface area contributed by atoms with Crippen LogP contribution in [0.2, 0.25) is 0 Å². The molecule has 1 aliphatic rings. The Balaban J connectivity index is 1.68. The molecule has 1 N–H and O–H groups in total. The number of aryl methyl sites for hydroxylation is 1. The van der Waals surface area contributed by atoms with Crippen molar-refractivity contribution in [2.24, 2.45) is 5.92 Å². The highest BCUT2D eigenvalue weighted by atomic mass is 16.3. The Labute approximate surface area is 133 Å². The smallest absolute Gasteiger partial charge is 0.222 e. The first-order chi connectivity index (χ1) is 10.7. The molecule has 4 nitrogen and oxygen atoms in total. The number of rotatable bonds is 7. The summed E-state index contributed by atoms with van der Waals surface area (Å²) >= 11 is 0. The third-order valence-electron chi connectivity index (χ3n) is 4.43. The number of β-amino-alcohol motifs (C(OH)–C–C–N with tert-alkyl or cyclic N) is 1. The average molecular weight is 304 g/mol. The Bertz CT molecular complexity index is 442. The number of hydrogen-bond donors (Lipinski definition) is 1. The molecule has 0 saturated carbocycles. The normalized spacial score (nSPS) is 17.5. The quantitative estimate of drug-likeness (QED) is 0.835. The summed E-state index contributed by atoms with van der Waals surface area (Å²) < 4.78 is 0. The van der Waals surface area contributed by atoms with Gasteiger partial charge in [0.15, 0.2) is 0 Å². The van der Waals surface area contributed by atoms with E-state index in [0.717, 1.165) is 45.6 Å². The fraction of sp³-hybridized carbons (Fsp3) is 0.611. The van der Waals surface area contributed by atoms with E-state index in [1.165, 1.54) is 5.56 Å². The molecule has 1 atom stereocenters. The summed E-state index contributed by atoms with van der Waals surface area (Å²) in [5.41, 5.74) is 1.35. The molecule has 0 aliphatic carbocycles. The van der Waals surface area contributed by atoms with Crippen LogP contribution in [0.1, 0.15) is 25.3 Å². The number of hydrogen-bond acceptors (Lipinski definition) is 3. The van der Waals surface area contributed by atoms with Gasteiger partial charge in [0.2, 0.25) is 5.91 Å². The van der Waals surface area contributed by atoms with E-state index in [0.29, 0.717) is 12.3 Å². The number of carbonyl (C=O) groups excluding carboxylic acids is 1. The molecule has 4 heteroatoms. The van der Waals surface area contributed by atoms with E-state index in [1.807, 2.05) is 11.0 Å². The summed E-state index contributed by atoms with van der Waals surface area (Å²) in [6.07, 6.45) is 2.74. The highest BCUT2D eigenvalue weighted by Gasteiger charge is 2.21. The zero-order valence-corrected chi connectivity index (χ0v) is 13.6. The van der Waals surface area contributed by atoms with Gasteiger partial charge in [-0.2, -0.15) is 0 Å². The summed E-state index contributed by atoms with van der Waals surface area (Å²) in [5.74, 6) is 0.701. The second-order valence-electron chi connectivity index (χ2n) is 6.28. The molecular weight excluding hydrogens is 276 g/mol. The molecule has 1 saturated heterocycles. The van der Waals surface area contributed by atoms with Crippen LogP contribution in [0.4, 0.5) is 0 Å². The highest BCUT2D eigenvalue weighted by molar-refractivity contribution is 5.76. The van der Waals surface area contributed by atoms with Crippen molar-refractivity contribution in [3.05, 3.63) is 35.9 Å². The lowest BCUT2D eigenvalue weighted by molar-refractivity contribution is -0.133. The molecular formula is C18H28N2O2. The maximum atomic E-state index is 12.3. The Morgan fingerprint density at radius 2 is 1.86 bits per heavy atom. The number of benzene rings is 1. The van der Waals surface area contributed by atoms with Crippen LogP contribution >= 0.6 is 0 Å². The van der Waals surface area contributed by atoms with E-state index in [4.69, 9.17) is 5.11 Å². The minimum atomic E-state index is 0.199. The van der Waals surface area contributed by atoms with Crippen molar-refractivity contribution in [3.8, 4) is 0 Å². The van der Waals surface area contributed by atoms with Crippen LogP contribution in [-0.2, 0) is 11.2 Å². The van der Waals surface area contributed by atoms with E-state index >= 15 is 0 Å². The van der Waals surface area contributed by atoms with Crippen LogP contribution in [0.15, 0.2) is 30.3 Å². The van der Waals surface area contributed by atoms with Crippen LogP contribution < -0.4 is 0 Å². The van der Waals surface area contributed by atoms with Gasteiger partial charge in [-0.15, -0.1) is 0 Å². The van der Waals surface area contributed by atoms with E-state index in [1.54, 1.807) is 0 Å². The maximum absolute atomic E-state index is 12.3. The van der Waals surface area contributed by atoms with Gasteiger partial charge < -0.3 is 10.0 Å². The van der Waals surface area contributed by atoms with Gasteiger partial charge in [-0.1, -0.05) is 37.3 Å². The van der Waals surface area contributed by atoms with Crippen molar-refractivity contribution in [2.45, 2.75) is 26.2 Å². The fourth-order valence-corrected chi connectivity index (χ4v) is 2.95. The summed E-state index contributed by atoms with van der Waals surface area (Å²) in [4.78, 5) is 16.5. The first-order valence-corrected chi connectivity index (χ1v) is 8.34. The lowest BCUT2D eigenvalue weighted by Crippen LogP contribution is -2.49. The monoisotopic (exact) mass is 304 g/mol. The first-order valence-electron chi connectivity index (χ1n) is 8.34. The molecule has 0 spiro atoms. The van der Waals surface area contributed by atoms with Gasteiger partial charge in [0.25, 0.3) is 0 Å². The third kappa shape index (κ3) is 5.43. The SMILES string of the molecule is CC(CCc1ccccc1)CC(=O)N1CCN(CCO)CC1. The molecule has 0 bridgehead atoms. The van der Waals surface area contributed by atoms with Gasteiger partial charge >= 0.3 is 0 Å². The molecule has 0 radical (unpaired) electrons. The average Bonchev–Trinajstić information content (AvgIpc) is 2.55. The predicted octanol–water partition coefficient (Wildman–Crippen LogP) is 1.78. The second kappa shape index (κ2) is 8.91. The van der Waals surface area contributed by atoms with Gasteiger partial charge in [0.05, 0.1) is 6.61 Å². The number of nitrogens with zero attached hydrogens (tertiary/aromatic N) is 2. The first kappa shape index (κ1) is 17.0. The summed E-state index contributed by atoms with van der Waals surface area (Å²) in [6.45, 7) is 6.44. The molecule has 122 valence electrons. The lowest BCUT2D eigenvalue weighted by atomic mass is 9.97. The Kier molecular flexibility index (Phi) is 6.87. The molecule has 0 aromatic heterocycles. The van der Waals surface area contributed by atoms with Crippen LogP contribution in [0, 0.1) is 5.92 Å². The highest BCUT2D eigenvalue weighted by Crippen LogP contribution is 2.15. The topological polar surface area (TPSA) is 43.8 Å². The maximum Gasteiger partial charge on any atom is 0.222 e.